The molecule has 8 heteroatoms. The van der Waals surface area contributed by atoms with Gasteiger partial charge < -0.3 is 14.3 Å². The molecule has 30 heavy (non-hydrogen) atoms. The Balaban J connectivity index is 1.29. The Morgan fingerprint density at radius 2 is 1.83 bits per heavy atom. The predicted octanol–water partition coefficient (Wildman–Crippen LogP) is 1.38. The number of rotatable bonds is 6. The van der Waals surface area contributed by atoms with E-state index in [1.807, 2.05) is 6.07 Å². The molecule has 1 amide bonds. The topological polar surface area (TPSA) is 83.6 Å². The van der Waals surface area contributed by atoms with Gasteiger partial charge in [-0.05, 0) is 12.5 Å². The SMILES string of the molecule is Cc1oc2ncn(C)c(=O)c2c1C(=O)NCCN1CCN(Cc2ccccc2)CC1. The van der Waals surface area contributed by atoms with Gasteiger partial charge in [0.2, 0.25) is 5.71 Å². The molecule has 1 aromatic carbocycles. The molecule has 0 saturated carbocycles. The molecule has 1 fully saturated rings. The summed E-state index contributed by atoms with van der Waals surface area (Å²) >= 11 is 0. The Bertz CT molecular complexity index is 1080. The molecular formula is C22H27N5O3. The van der Waals surface area contributed by atoms with Crippen LogP contribution in [0.2, 0.25) is 0 Å². The molecule has 0 spiro atoms. The van der Waals surface area contributed by atoms with Gasteiger partial charge in [0.05, 0.1) is 5.56 Å². The van der Waals surface area contributed by atoms with E-state index in [1.54, 1.807) is 14.0 Å². The molecule has 4 rings (SSSR count). The lowest BCUT2D eigenvalue weighted by atomic mass is 10.2. The zero-order valence-corrected chi connectivity index (χ0v) is 17.4. The molecule has 1 N–H and O–H groups in total. The van der Waals surface area contributed by atoms with Crippen molar-refractivity contribution in [3.63, 3.8) is 0 Å². The third kappa shape index (κ3) is 4.29. The molecule has 158 valence electrons. The first-order valence-corrected chi connectivity index (χ1v) is 10.2. The van der Waals surface area contributed by atoms with E-state index < -0.39 is 0 Å². The minimum Gasteiger partial charge on any atom is -0.442 e. The minimum absolute atomic E-state index is 0.204. The quantitative estimate of drug-likeness (QED) is 0.662. The van der Waals surface area contributed by atoms with Crippen molar-refractivity contribution in [3.05, 3.63) is 63.9 Å². The van der Waals surface area contributed by atoms with Crippen LogP contribution >= 0.6 is 0 Å². The number of aryl methyl sites for hydroxylation is 2. The van der Waals surface area contributed by atoms with Crippen molar-refractivity contribution in [1.82, 2.24) is 24.7 Å². The van der Waals surface area contributed by atoms with Crippen LogP contribution in [0, 0.1) is 6.92 Å². The lowest BCUT2D eigenvalue weighted by Crippen LogP contribution is -2.48. The molecule has 0 unspecified atom stereocenters. The number of benzene rings is 1. The van der Waals surface area contributed by atoms with E-state index in [9.17, 15) is 9.59 Å². The van der Waals surface area contributed by atoms with Crippen LogP contribution in [0.25, 0.3) is 11.1 Å². The minimum atomic E-state index is -0.293. The number of carbonyl (C=O) groups is 1. The molecule has 0 atom stereocenters. The number of carbonyl (C=O) groups excluding carboxylic acids is 1. The second-order valence-electron chi connectivity index (χ2n) is 7.73. The van der Waals surface area contributed by atoms with Crippen LogP contribution in [-0.4, -0.2) is 64.5 Å². The van der Waals surface area contributed by atoms with Crippen LogP contribution in [0.3, 0.4) is 0 Å². The van der Waals surface area contributed by atoms with Gasteiger partial charge in [0.25, 0.3) is 11.5 Å². The highest BCUT2D eigenvalue weighted by Crippen LogP contribution is 2.20. The van der Waals surface area contributed by atoms with Gasteiger partial charge in [0, 0.05) is 52.9 Å². The summed E-state index contributed by atoms with van der Waals surface area (Å²) in [7, 11) is 1.61. The molecule has 0 aliphatic carbocycles. The fourth-order valence-electron chi connectivity index (χ4n) is 3.89. The highest BCUT2D eigenvalue weighted by Gasteiger charge is 2.23. The number of piperazine rings is 1. The molecule has 1 aliphatic rings. The Kier molecular flexibility index (Phi) is 5.96. The summed E-state index contributed by atoms with van der Waals surface area (Å²) in [6.07, 6.45) is 1.40. The summed E-state index contributed by atoms with van der Waals surface area (Å²) in [6, 6.07) is 10.5. The maximum atomic E-state index is 12.7. The standard InChI is InChI=1S/C22H27N5O3/c1-16-18(19-21(30-16)24-15-25(2)22(19)29)20(28)23-8-9-26-10-12-27(13-11-26)14-17-6-4-3-5-7-17/h3-7,15H,8-14H2,1-2H3,(H,23,28). The van der Waals surface area contributed by atoms with Crippen molar-refractivity contribution in [2.75, 3.05) is 39.3 Å². The fourth-order valence-corrected chi connectivity index (χ4v) is 3.89. The van der Waals surface area contributed by atoms with E-state index >= 15 is 0 Å². The number of nitrogens with zero attached hydrogens (tertiary/aromatic N) is 4. The average Bonchev–Trinajstić information content (AvgIpc) is 3.09. The van der Waals surface area contributed by atoms with Crippen molar-refractivity contribution in [3.8, 4) is 0 Å². The third-order valence-corrected chi connectivity index (χ3v) is 5.60. The summed E-state index contributed by atoms with van der Waals surface area (Å²) in [5.74, 6) is 0.117. The Morgan fingerprint density at radius 3 is 2.57 bits per heavy atom. The van der Waals surface area contributed by atoms with Gasteiger partial charge in [0.15, 0.2) is 0 Å². The molecular weight excluding hydrogens is 382 g/mol. The highest BCUT2D eigenvalue weighted by molar-refractivity contribution is 6.06. The van der Waals surface area contributed by atoms with Gasteiger partial charge in [0.1, 0.15) is 17.5 Å². The van der Waals surface area contributed by atoms with E-state index in [-0.39, 0.29) is 28.1 Å². The van der Waals surface area contributed by atoms with Gasteiger partial charge in [-0.2, -0.15) is 0 Å². The van der Waals surface area contributed by atoms with Crippen LogP contribution in [0.5, 0.6) is 0 Å². The number of nitrogens with one attached hydrogen (secondary N) is 1. The Labute approximate surface area is 175 Å². The summed E-state index contributed by atoms with van der Waals surface area (Å²) in [5.41, 5.74) is 1.54. The van der Waals surface area contributed by atoms with E-state index in [4.69, 9.17) is 4.42 Å². The molecule has 3 aromatic rings. The van der Waals surface area contributed by atoms with Crippen LogP contribution in [0.15, 0.2) is 45.9 Å². The van der Waals surface area contributed by atoms with Crippen molar-refractivity contribution in [2.45, 2.75) is 13.5 Å². The van der Waals surface area contributed by atoms with Gasteiger partial charge in [-0.3, -0.25) is 19.4 Å². The Morgan fingerprint density at radius 1 is 1.13 bits per heavy atom. The molecule has 1 saturated heterocycles. The maximum absolute atomic E-state index is 12.7. The summed E-state index contributed by atoms with van der Waals surface area (Å²) in [5, 5.41) is 3.17. The maximum Gasteiger partial charge on any atom is 0.265 e. The normalized spacial score (nSPS) is 15.5. The van der Waals surface area contributed by atoms with Crippen molar-refractivity contribution in [1.29, 1.82) is 0 Å². The van der Waals surface area contributed by atoms with Gasteiger partial charge in [-0.25, -0.2) is 4.98 Å². The first-order chi connectivity index (χ1) is 14.5. The molecule has 8 nitrogen and oxygen atoms in total. The van der Waals surface area contributed by atoms with Gasteiger partial charge >= 0.3 is 0 Å². The lowest BCUT2D eigenvalue weighted by Gasteiger charge is -2.34. The average molecular weight is 409 g/mol. The van der Waals surface area contributed by atoms with Gasteiger partial charge in [-0.1, -0.05) is 30.3 Å². The van der Waals surface area contributed by atoms with E-state index in [1.165, 1.54) is 16.5 Å². The molecule has 0 bridgehead atoms. The monoisotopic (exact) mass is 409 g/mol. The van der Waals surface area contributed by atoms with Crippen LogP contribution in [0.4, 0.5) is 0 Å². The smallest absolute Gasteiger partial charge is 0.265 e. The summed E-state index contributed by atoms with van der Waals surface area (Å²) in [4.78, 5) is 34.0. The molecule has 0 radical (unpaired) electrons. The number of furan rings is 1. The highest BCUT2D eigenvalue weighted by atomic mass is 16.3. The molecule has 3 heterocycles. The summed E-state index contributed by atoms with van der Waals surface area (Å²) in [6.45, 7) is 7.91. The first-order valence-electron chi connectivity index (χ1n) is 10.2. The van der Waals surface area contributed by atoms with Gasteiger partial charge in [-0.15, -0.1) is 0 Å². The molecule has 2 aromatic heterocycles. The predicted molar refractivity (Wildman–Crippen MR) is 114 cm³/mol. The van der Waals surface area contributed by atoms with Crippen molar-refractivity contribution >= 4 is 17.0 Å². The first kappa shape index (κ1) is 20.3. The number of hydrogen-bond donors (Lipinski definition) is 1. The van der Waals surface area contributed by atoms with E-state index in [0.29, 0.717) is 12.3 Å². The van der Waals surface area contributed by atoms with Crippen LogP contribution in [0.1, 0.15) is 21.7 Å². The molecule has 1 aliphatic heterocycles. The zero-order valence-electron chi connectivity index (χ0n) is 17.4. The van der Waals surface area contributed by atoms with Crippen molar-refractivity contribution in [2.24, 2.45) is 7.05 Å². The van der Waals surface area contributed by atoms with E-state index in [2.05, 4.69) is 44.4 Å². The third-order valence-electron chi connectivity index (χ3n) is 5.60. The Hall–Kier alpha value is -2.97. The van der Waals surface area contributed by atoms with E-state index in [0.717, 1.165) is 39.3 Å². The van der Waals surface area contributed by atoms with Crippen molar-refractivity contribution < 1.29 is 9.21 Å². The summed E-state index contributed by atoms with van der Waals surface area (Å²) < 4.78 is 6.86. The lowest BCUT2D eigenvalue weighted by molar-refractivity contribution is 0.0934. The number of hydrogen-bond acceptors (Lipinski definition) is 6. The number of aromatic nitrogens is 2. The largest absolute Gasteiger partial charge is 0.442 e. The second-order valence-corrected chi connectivity index (χ2v) is 7.73. The van der Waals surface area contributed by atoms with Crippen LogP contribution < -0.4 is 10.9 Å². The second kappa shape index (κ2) is 8.81. The number of fused-ring (bicyclic) bond motifs is 1. The number of amides is 1. The fraction of sp³-hybridized carbons (Fsp3) is 0.409. The van der Waals surface area contributed by atoms with Crippen LogP contribution in [-0.2, 0) is 13.6 Å². The zero-order chi connectivity index (χ0) is 21.1.